The van der Waals surface area contributed by atoms with E-state index < -0.39 is 0 Å². The van der Waals surface area contributed by atoms with E-state index in [1.165, 1.54) is 10.5 Å². The maximum absolute atomic E-state index is 11.6. The van der Waals surface area contributed by atoms with Crippen LogP contribution in [0.4, 0.5) is 0 Å². The number of rotatable bonds is 7. The molecule has 0 saturated carbocycles. The highest BCUT2D eigenvalue weighted by Gasteiger charge is 2.08. The molecule has 6 heteroatoms. The van der Waals surface area contributed by atoms with Gasteiger partial charge in [-0.2, -0.15) is 0 Å². The molecule has 0 unspecified atom stereocenters. The summed E-state index contributed by atoms with van der Waals surface area (Å²) >= 11 is 0. The van der Waals surface area contributed by atoms with Crippen molar-refractivity contribution in [2.24, 2.45) is 4.99 Å². The topological polar surface area (TPSA) is 57.2 Å². The van der Waals surface area contributed by atoms with Crippen molar-refractivity contribution < 1.29 is 9.53 Å². The van der Waals surface area contributed by atoms with E-state index >= 15 is 0 Å². The monoisotopic (exact) mass is 320 g/mol. The van der Waals surface area contributed by atoms with Crippen molar-refractivity contribution >= 4 is 11.9 Å². The van der Waals surface area contributed by atoms with Gasteiger partial charge in [0, 0.05) is 27.7 Å². The van der Waals surface area contributed by atoms with E-state index in [1.54, 1.807) is 14.1 Å². The van der Waals surface area contributed by atoms with Crippen LogP contribution >= 0.6 is 0 Å². The van der Waals surface area contributed by atoms with Crippen molar-refractivity contribution in [1.29, 1.82) is 0 Å². The van der Waals surface area contributed by atoms with E-state index in [0.717, 1.165) is 12.3 Å². The number of likely N-dealkylation sites (N-methyl/N-ethyl adjacent to an activating group) is 2. The molecule has 6 nitrogen and oxygen atoms in total. The Kier molecular flexibility index (Phi) is 7.94. The number of ether oxygens (including phenoxy) is 1. The van der Waals surface area contributed by atoms with Gasteiger partial charge < -0.3 is 19.9 Å². The second kappa shape index (κ2) is 9.71. The maximum Gasteiger partial charge on any atom is 0.243 e. The largest absolute Gasteiger partial charge is 0.492 e. The Morgan fingerprint density at radius 3 is 2.43 bits per heavy atom. The summed E-state index contributed by atoms with van der Waals surface area (Å²) in [5, 5.41) is 3.18. The van der Waals surface area contributed by atoms with Crippen molar-refractivity contribution in [3.63, 3.8) is 0 Å². The molecule has 0 heterocycles. The molecule has 0 fully saturated rings. The van der Waals surface area contributed by atoms with Crippen molar-refractivity contribution in [3.8, 4) is 5.75 Å². The van der Waals surface area contributed by atoms with Crippen molar-refractivity contribution in [2.75, 3.05) is 47.4 Å². The molecule has 1 aromatic rings. The van der Waals surface area contributed by atoms with Gasteiger partial charge in [-0.1, -0.05) is 17.7 Å². The van der Waals surface area contributed by atoms with E-state index in [1.807, 2.05) is 50.1 Å². The van der Waals surface area contributed by atoms with Crippen LogP contribution in [-0.2, 0) is 4.79 Å². The fourth-order valence-electron chi connectivity index (χ4n) is 1.79. The van der Waals surface area contributed by atoms with Gasteiger partial charge in [0.2, 0.25) is 5.91 Å². The van der Waals surface area contributed by atoms with Gasteiger partial charge in [0.15, 0.2) is 5.96 Å². The molecular weight excluding hydrogens is 292 g/mol. The standard InChI is InChI=1S/C17H28N4O2/c1-6-18-17(19-13-16(22)20(3)4)21(5)11-12-23-15-9-7-14(2)8-10-15/h7-10H,6,11-13H2,1-5H3,(H,18,19). The first-order valence-electron chi connectivity index (χ1n) is 7.83. The Balaban J connectivity index is 2.50. The predicted molar refractivity (Wildman–Crippen MR) is 94.0 cm³/mol. The van der Waals surface area contributed by atoms with Gasteiger partial charge in [0.05, 0.1) is 6.54 Å². The van der Waals surface area contributed by atoms with Gasteiger partial charge in [-0.3, -0.25) is 4.79 Å². The average molecular weight is 320 g/mol. The molecule has 0 bridgehead atoms. The number of aryl methyl sites for hydroxylation is 1. The minimum Gasteiger partial charge on any atom is -0.492 e. The van der Waals surface area contributed by atoms with E-state index in [4.69, 9.17) is 4.74 Å². The summed E-state index contributed by atoms with van der Waals surface area (Å²) in [5.41, 5.74) is 1.21. The first-order valence-corrected chi connectivity index (χ1v) is 7.83. The van der Waals surface area contributed by atoms with Crippen LogP contribution in [-0.4, -0.2) is 69.1 Å². The van der Waals surface area contributed by atoms with Crippen LogP contribution in [0.1, 0.15) is 12.5 Å². The number of hydrogen-bond donors (Lipinski definition) is 1. The van der Waals surface area contributed by atoms with Crippen LogP contribution in [0.3, 0.4) is 0 Å². The molecule has 23 heavy (non-hydrogen) atoms. The number of guanidine groups is 1. The van der Waals surface area contributed by atoms with Crippen LogP contribution in [0.15, 0.2) is 29.3 Å². The molecule has 1 N–H and O–H groups in total. The van der Waals surface area contributed by atoms with E-state index in [9.17, 15) is 4.79 Å². The average Bonchev–Trinajstić information content (AvgIpc) is 2.52. The third-order valence-electron chi connectivity index (χ3n) is 3.28. The number of hydrogen-bond acceptors (Lipinski definition) is 3. The van der Waals surface area contributed by atoms with Gasteiger partial charge in [-0.15, -0.1) is 0 Å². The van der Waals surface area contributed by atoms with E-state index in [2.05, 4.69) is 10.3 Å². The molecule has 0 aliphatic heterocycles. The van der Waals surface area contributed by atoms with Gasteiger partial charge in [-0.25, -0.2) is 4.99 Å². The second-order valence-electron chi connectivity index (χ2n) is 5.54. The van der Waals surface area contributed by atoms with E-state index in [-0.39, 0.29) is 12.5 Å². The fraction of sp³-hybridized carbons (Fsp3) is 0.529. The lowest BCUT2D eigenvalue weighted by Gasteiger charge is -2.22. The van der Waals surface area contributed by atoms with Gasteiger partial charge >= 0.3 is 0 Å². The summed E-state index contributed by atoms with van der Waals surface area (Å²) < 4.78 is 5.72. The first kappa shape index (κ1) is 18.8. The normalized spacial score (nSPS) is 11.1. The summed E-state index contributed by atoms with van der Waals surface area (Å²) in [5.74, 6) is 1.54. The number of carbonyl (C=O) groups excluding carboxylic acids is 1. The van der Waals surface area contributed by atoms with Crippen LogP contribution < -0.4 is 10.1 Å². The molecule has 0 saturated heterocycles. The number of amides is 1. The Bertz CT molecular complexity index is 512. The summed E-state index contributed by atoms with van der Waals surface area (Å²) in [6.45, 7) is 6.16. The van der Waals surface area contributed by atoms with Crippen LogP contribution in [0.5, 0.6) is 5.75 Å². The number of benzene rings is 1. The third kappa shape index (κ3) is 7.04. The molecule has 0 aliphatic rings. The Hall–Kier alpha value is -2.24. The van der Waals surface area contributed by atoms with E-state index in [0.29, 0.717) is 19.1 Å². The molecule has 0 atom stereocenters. The maximum atomic E-state index is 11.6. The number of carbonyl (C=O) groups is 1. The molecule has 0 radical (unpaired) electrons. The number of aliphatic imine (C=N–C) groups is 1. The quantitative estimate of drug-likeness (QED) is 0.609. The highest BCUT2D eigenvalue weighted by atomic mass is 16.5. The second-order valence-corrected chi connectivity index (χ2v) is 5.54. The Morgan fingerprint density at radius 2 is 1.87 bits per heavy atom. The van der Waals surface area contributed by atoms with Crippen LogP contribution in [0.25, 0.3) is 0 Å². The molecule has 1 aromatic carbocycles. The van der Waals surface area contributed by atoms with Crippen molar-refractivity contribution in [2.45, 2.75) is 13.8 Å². The highest BCUT2D eigenvalue weighted by molar-refractivity contribution is 5.84. The zero-order valence-corrected chi connectivity index (χ0v) is 14.8. The van der Waals surface area contributed by atoms with Crippen LogP contribution in [0, 0.1) is 6.92 Å². The van der Waals surface area contributed by atoms with Crippen LogP contribution in [0.2, 0.25) is 0 Å². The van der Waals surface area contributed by atoms with Gasteiger partial charge in [0.25, 0.3) is 0 Å². The zero-order valence-electron chi connectivity index (χ0n) is 14.8. The lowest BCUT2D eigenvalue weighted by atomic mass is 10.2. The summed E-state index contributed by atoms with van der Waals surface area (Å²) in [7, 11) is 5.38. The van der Waals surface area contributed by atoms with Crippen molar-refractivity contribution in [1.82, 2.24) is 15.1 Å². The smallest absolute Gasteiger partial charge is 0.243 e. The molecule has 0 aliphatic carbocycles. The van der Waals surface area contributed by atoms with Gasteiger partial charge in [0.1, 0.15) is 18.9 Å². The predicted octanol–water partition coefficient (Wildman–Crippen LogP) is 1.36. The number of nitrogens with zero attached hydrogens (tertiary/aromatic N) is 3. The summed E-state index contributed by atoms with van der Waals surface area (Å²) in [6, 6.07) is 7.98. The minimum atomic E-state index is -0.0234. The molecule has 0 aromatic heterocycles. The zero-order chi connectivity index (χ0) is 17.2. The molecule has 1 amide bonds. The third-order valence-corrected chi connectivity index (χ3v) is 3.28. The molecule has 1 rings (SSSR count). The summed E-state index contributed by atoms with van der Waals surface area (Å²) in [4.78, 5) is 19.5. The molecular formula is C17H28N4O2. The minimum absolute atomic E-state index is 0.0234. The fourth-order valence-corrected chi connectivity index (χ4v) is 1.79. The lowest BCUT2D eigenvalue weighted by Crippen LogP contribution is -2.41. The lowest BCUT2D eigenvalue weighted by molar-refractivity contribution is -0.127. The SMILES string of the molecule is CCNC(=NCC(=O)N(C)C)N(C)CCOc1ccc(C)cc1. The van der Waals surface area contributed by atoms with Gasteiger partial charge in [-0.05, 0) is 26.0 Å². The molecule has 128 valence electrons. The number of nitrogens with one attached hydrogen (secondary N) is 1. The Morgan fingerprint density at radius 1 is 1.22 bits per heavy atom. The Labute approximate surface area is 139 Å². The van der Waals surface area contributed by atoms with Crippen molar-refractivity contribution in [3.05, 3.63) is 29.8 Å². The molecule has 0 spiro atoms. The highest BCUT2D eigenvalue weighted by Crippen LogP contribution is 2.11. The first-order chi connectivity index (χ1) is 10.9. The summed E-state index contributed by atoms with van der Waals surface area (Å²) in [6.07, 6.45) is 0.